The lowest BCUT2D eigenvalue weighted by Crippen LogP contribution is -2.38. The van der Waals surface area contributed by atoms with Gasteiger partial charge in [0, 0.05) is 43.7 Å². The summed E-state index contributed by atoms with van der Waals surface area (Å²) in [5.74, 6) is 3.53. The van der Waals surface area contributed by atoms with Crippen LogP contribution in [0.25, 0.3) is 0 Å². The maximum absolute atomic E-state index is 5.47. The Bertz CT molecular complexity index is 377. The third-order valence-corrected chi connectivity index (χ3v) is 4.62. The second-order valence-corrected chi connectivity index (χ2v) is 6.36. The Morgan fingerprint density at radius 1 is 1.25 bits per heavy atom. The molecule has 1 fully saturated rings. The largest absolute Gasteiger partial charge is 0.494 e. The average Bonchev–Trinajstić information content (AvgIpc) is 2.49. The van der Waals surface area contributed by atoms with Crippen LogP contribution < -0.4 is 10.1 Å². The van der Waals surface area contributed by atoms with Crippen LogP contribution in [0.15, 0.2) is 24.3 Å². The number of thioether (sulfide) groups is 1. The van der Waals surface area contributed by atoms with E-state index in [0.717, 1.165) is 25.4 Å². The Hall–Kier alpha value is -0.710. The van der Waals surface area contributed by atoms with E-state index >= 15 is 0 Å². The molecule has 1 aliphatic heterocycles. The van der Waals surface area contributed by atoms with Crippen molar-refractivity contribution in [3.8, 4) is 5.75 Å². The second-order valence-electron chi connectivity index (χ2n) is 5.13. The minimum absolute atomic E-state index is 0.393. The summed E-state index contributed by atoms with van der Waals surface area (Å²) in [6, 6.07) is 8.81. The highest BCUT2D eigenvalue weighted by Crippen LogP contribution is 2.17. The fourth-order valence-electron chi connectivity index (χ4n) is 2.40. The van der Waals surface area contributed by atoms with E-state index in [1.807, 2.05) is 6.92 Å². The molecule has 0 radical (unpaired) electrons. The number of hydrogen-bond acceptors (Lipinski definition) is 4. The number of benzene rings is 1. The average molecular weight is 294 g/mol. The zero-order valence-corrected chi connectivity index (χ0v) is 13.4. The standard InChI is InChI=1S/C16H26N2OS/c1-3-19-16-6-4-15(5-7-16)14(2)17-8-9-18-10-12-20-13-11-18/h4-7,14,17H,3,8-13H2,1-2H3. The first-order valence-electron chi connectivity index (χ1n) is 7.56. The van der Waals surface area contributed by atoms with Gasteiger partial charge in [0.15, 0.2) is 0 Å². The van der Waals surface area contributed by atoms with Gasteiger partial charge in [-0.05, 0) is 31.5 Å². The van der Waals surface area contributed by atoms with Crippen LogP contribution in [0, 0.1) is 0 Å². The van der Waals surface area contributed by atoms with Gasteiger partial charge >= 0.3 is 0 Å². The molecule has 0 aromatic heterocycles. The summed E-state index contributed by atoms with van der Waals surface area (Å²) in [6.45, 7) is 9.65. The van der Waals surface area contributed by atoms with Gasteiger partial charge in [0.1, 0.15) is 5.75 Å². The van der Waals surface area contributed by atoms with Gasteiger partial charge < -0.3 is 15.0 Å². The molecular formula is C16H26N2OS. The molecule has 0 spiro atoms. The first-order valence-corrected chi connectivity index (χ1v) is 8.71. The zero-order valence-electron chi connectivity index (χ0n) is 12.6. The molecule has 1 aromatic carbocycles. The van der Waals surface area contributed by atoms with E-state index in [2.05, 4.69) is 53.2 Å². The quantitative estimate of drug-likeness (QED) is 0.836. The summed E-state index contributed by atoms with van der Waals surface area (Å²) in [6.07, 6.45) is 0. The Labute approximate surface area is 127 Å². The minimum Gasteiger partial charge on any atom is -0.494 e. The molecule has 0 saturated carbocycles. The van der Waals surface area contributed by atoms with Gasteiger partial charge in [0.05, 0.1) is 6.61 Å². The van der Waals surface area contributed by atoms with Crippen molar-refractivity contribution in [3.63, 3.8) is 0 Å². The van der Waals surface area contributed by atoms with E-state index in [0.29, 0.717) is 6.04 Å². The molecule has 1 unspecified atom stereocenters. The molecule has 4 heteroatoms. The van der Waals surface area contributed by atoms with Gasteiger partial charge in [0.2, 0.25) is 0 Å². The first-order chi connectivity index (χ1) is 9.79. The maximum Gasteiger partial charge on any atom is 0.119 e. The lowest BCUT2D eigenvalue weighted by atomic mass is 10.1. The van der Waals surface area contributed by atoms with Crippen LogP contribution in [-0.4, -0.2) is 49.2 Å². The summed E-state index contributed by atoms with van der Waals surface area (Å²) in [7, 11) is 0. The molecule has 1 N–H and O–H groups in total. The van der Waals surface area contributed by atoms with Crippen molar-refractivity contribution in [1.29, 1.82) is 0 Å². The van der Waals surface area contributed by atoms with E-state index in [1.54, 1.807) is 0 Å². The Morgan fingerprint density at radius 2 is 1.95 bits per heavy atom. The molecule has 3 nitrogen and oxygen atoms in total. The monoisotopic (exact) mass is 294 g/mol. The van der Waals surface area contributed by atoms with Gasteiger partial charge in [-0.15, -0.1) is 0 Å². The van der Waals surface area contributed by atoms with Gasteiger partial charge in [0.25, 0.3) is 0 Å². The topological polar surface area (TPSA) is 24.5 Å². The molecule has 1 saturated heterocycles. The summed E-state index contributed by atoms with van der Waals surface area (Å²) in [5, 5.41) is 3.61. The number of ether oxygens (including phenoxy) is 1. The molecule has 1 aliphatic rings. The minimum atomic E-state index is 0.393. The van der Waals surface area contributed by atoms with E-state index in [1.165, 1.54) is 30.2 Å². The predicted molar refractivity (Wildman–Crippen MR) is 87.8 cm³/mol. The van der Waals surface area contributed by atoms with Crippen LogP contribution in [-0.2, 0) is 0 Å². The normalized spacial score (nSPS) is 17.9. The number of nitrogens with zero attached hydrogens (tertiary/aromatic N) is 1. The highest BCUT2D eigenvalue weighted by molar-refractivity contribution is 7.99. The van der Waals surface area contributed by atoms with Crippen molar-refractivity contribution in [3.05, 3.63) is 29.8 Å². The summed E-state index contributed by atoms with van der Waals surface area (Å²) < 4.78 is 5.47. The lowest BCUT2D eigenvalue weighted by Gasteiger charge is -2.26. The molecule has 0 aliphatic carbocycles. The van der Waals surface area contributed by atoms with Crippen molar-refractivity contribution in [2.75, 3.05) is 44.3 Å². The molecule has 0 bridgehead atoms. The van der Waals surface area contributed by atoms with E-state index in [-0.39, 0.29) is 0 Å². The number of nitrogens with one attached hydrogen (secondary N) is 1. The number of hydrogen-bond donors (Lipinski definition) is 1. The van der Waals surface area contributed by atoms with Crippen LogP contribution in [0.1, 0.15) is 25.5 Å². The lowest BCUT2D eigenvalue weighted by molar-refractivity contribution is 0.296. The van der Waals surface area contributed by atoms with Crippen molar-refractivity contribution in [2.24, 2.45) is 0 Å². The summed E-state index contributed by atoms with van der Waals surface area (Å²) >= 11 is 2.07. The second kappa shape index (κ2) is 8.55. The van der Waals surface area contributed by atoms with Crippen LogP contribution in [0.4, 0.5) is 0 Å². The third kappa shape index (κ3) is 5.00. The molecule has 1 heterocycles. The van der Waals surface area contributed by atoms with E-state index in [9.17, 15) is 0 Å². The third-order valence-electron chi connectivity index (χ3n) is 3.67. The highest BCUT2D eigenvalue weighted by atomic mass is 32.2. The first kappa shape index (κ1) is 15.7. The smallest absolute Gasteiger partial charge is 0.119 e. The van der Waals surface area contributed by atoms with Crippen molar-refractivity contribution in [1.82, 2.24) is 10.2 Å². The Kier molecular flexibility index (Phi) is 6.70. The fraction of sp³-hybridized carbons (Fsp3) is 0.625. The Balaban J connectivity index is 1.71. The van der Waals surface area contributed by atoms with Gasteiger partial charge in [-0.1, -0.05) is 12.1 Å². The predicted octanol–water partition coefficient (Wildman–Crippen LogP) is 2.78. The van der Waals surface area contributed by atoms with Crippen molar-refractivity contribution >= 4 is 11.8 Å². The molecule has 1 atom stereocenters. The Morgan fingerprint density at radius 3 is 2.60 bits per heavy atom. The van der Waals surface area contributed by atoms with Gasteiger partial charge in [-0.3, -0.25) is 0 Å². The van der Waals surface area contributed by atoms with Crippen LogP contribution >= 0.6 is 11.8 Å². The highest BCUT2D eigenvalue weighted by Gasteiger charge is 2.10. The molecular weight excluding hydrogens is 268 g/mol. The SMILES string of the molecule is CCOc1ccc(C(C)NCCN2CCSCC2)cc1. The molecule has 112 valence electrons. The van der Waals surface area contributed by atoms with Gasteiger partial charge in [-0.25, -0.2) is 0 Å². The summed E-state index contributed by atoms with van der Waals surface area (Å²) in [4.78, 5) is 2.55. The van der Waals surface area contributed by atoms with E-state index < -0.39 is 0 Å². The molecule has 0 amide bonds. The fourth-order valence-corrected chi connectivity index (χ4v) is 3.38. The van der Waals surface area contributed by atoms with Crippen molar-refractivity contribution < 1.29 is 4.74 Å². The van der Waals surface area contributed by atoms with E-state index in [4.69, 9.17) is 4.74 Å². The molecule has 20 heavy (non-hydrogen) atoms. The van der Waals surface area contributed by atoms with Crippen LogP contribution in [0.3, 0.4) is 0 Å². The number of rotatable bonds is 7. The van der Waals surface area contributed by atoms with Gasteiger partial charge in [-0.2, -0.15) is 11.8 Å². The van der Waals surface area contributed by atoms with Crippen LogP contribution in [0.2, 0.25) is 0 Å². The van der Waals surface area contributed by atoms with Crippen LogP contribution in [0.5, 0.6) is 5.75 Å². The maximum atomic E-state index is 5.47. The zero-order chi connectivity index (χ0) is 14.2. The summed E-state index contributed by atoms with van der Waals surface area (Å²) in [5.41, 5.74) is 1.32. The molecule has 2 rings (SSSR count). The molecule has 1 aromatic rings. The van der Waals surface area contributed by atoms with Crippen molar-refractivity contribution in [2.45, 2.75) is 19.9 Å².